The Balaban J connectivity index is 1.97. The molecular weight excluding hydrogens is 234 g/mol. The Bertz CT molecular complexity index is 388. The molecule has 3 N–H and O–H groups in total. The van der Waals surface area contributed by atoms with Gasteiger partial charge in [-0.2, -0.15) is 0 Å². The van der Waals surface area contributed by atoms with Gasteiger partial charge < -0.3 is 0 Å². The number of hydrogen-bond acceptors (Lipinski definition) is 4. The molecule has 5 heteroatoms. The predicted molar refractivity (Wildman–Crippen MR) is 68.6 cm³/mol. The number of amides is 1. The van der Waals surface area contributed by atoms with E-state index in [0.717, 1.165) is 31.4 Å². The van der Waals surface area contributed by atoms with Gasteiger partial charge in [0.1, 0.15) is 0 Å². The van der Waals surface area contributed by atoms with Gasteiger partial charge in [-0.25, -0.2) is 10.8 Å². The Hall–Kier alpha value is -0.940. The van der Waals surface area contributed by atoms with Gasteiger partial charge in [-0.1, -0.05) is 0 Å². The molecule has 0 unspecified atom stereocenters. The van der Waals surface area contributed by atoms with Crippen molar-refractivity contribution < 1.29 is 4.79 Å². The molecule has 1 fully saturated rings. The Morgan fingerprint density at radius 3 is 2.47 bits per heavy atom. The molecule has 1 aromatic heterocycles. The minimum absolute atomic E-state index is 0.0186. The number of hydrogen-bond donors (Lipinski definition) is 2. The summed E-state index contributed by atoms with van der Waals surface area (Å²) in [5, 5.41) is 1.24. The van der Waals surface area contributed by atoms with Crippen LogP contribution in [-0.2, 0) is 4.79 Å². The van der Waals surface area contributed by atoms with Gasteiger partial charge in [-0.05, 0) is 39.5 Å². The molecule has 0 aromatic carbocycles. The normalized spacial score (nSPS) is 24.6. The van der Waals surface area contributed by atoms with E-state index in [4.69, 9.17) is 5.84 Å². The average molecular weight is 253 g/mol. The lowest BCUT2D eigenvalue weighted by Crippen LogP contribution is -2.37. The largest absolute Gasteiger partial charge is 0.294 e. The molecule has 1 amide bonds. The van der Waals surface area contributed by atoms with Gasteiger partial charge in [0.2, 0.25) is 5.91 Å². The van der Waals surface area contributed by atoms with Crippen LogP contribution >= 0.6 is 11.3 Å². The maximum Gasteiger partial charge on any atom is 0.236 e. The summed E-state index contributed by atoms with van der Waals surface area (Å²) in [6, 6.07) is 0. The van der Waals surface area contributed by atoms with E-state index in [0.29, 0.717) is 5.92 Å². The van der Waals surface area contributed by atoms with Crippen LogP contribution < -0.4 is 11.3 Å². The molecule has 0 radical (unpaired) electrons. The molecule has 1 saturated carbocycles. The molecule has 94 valence electrons. The minimum Gasteiger partial charge on any atom is -0.294 e. The summed E-state index contributed by atoms with van der Waals surface area (Å²) in [6.07, 6.45) is 3.94. The number of nitrogens with two attached hydrogens (primary N) is 1. The van der Waals surface area contributed by atoms with Crippen LogP contribution in [0.3, 0.4) is 0 Å². The van der Waals surface area contributed by atoms with Gasteiger partial charge in [-0.3, -0.25) is 10.2 Å². The van der Waals surface area contributed by atoms with Gasteiger partial charge in [0.25, 0.3) is 0 Å². The number of aromatic nitrogens is 1. The summed E-state index contributed by atoms with van der Waals surface area (Å²) in [7, 11) is 0. The van der Waals surface area contributed by atoms with Crippen molar-refractivity contribution in [2.45, 2.75) is 45.4 Å². The smallest absolute Gasteiger partial charge is 0.236 e. The Morgan fingerprint density at radius 2 is 2.00 bits per heavy atom. The highest BCUT2D eigenvalue weighted by molar-refractivity contribution is 7.11. The fraction of sp³-hybridized carbons (Fsp3) is 0.667. The molecule has 0 aliphatic heterocycles. The fourth-order valence-electron chi connectivity index (χ4n) is 2.39. The topological polar surface area (TPSA) is 68.0 Å². The summed E-state index contributed by atoms with van der Waals surface area (Å²) in [5.41, 5.74) is 3.40. The van der Waals surface area contributed by atoms with E-state index < -0.39 is 0 Å². The summed E-state index contributed by atoms with van der Waals surface area (Å²) >= 11 is 1.80. The number of carbonyl (C=O) groups excluding carboxylic acids is 1. The minimum atomic E-state index is -0.0186. The van der Waals surface area contributed by atoms with Crippen LogP contribution in [0.2, 0.25) is 0 Å². The first-order valence-corrected chi connectivity index (χ1v) is 6.88. The summed E-state index contributed by atoms with van der Waals surface area (Å²) in [6.45, 7) is 4.17. The lowest BCUT2D eigenvalue weighted by molar-refractivity contribution is -0.126. The van der Waals surface area contributed by atoms with Crippen molar-refractivity contribution in [1.82, 2.24) is 10.4 Å². The van der Waals surface area contributed by atoms with E-state index in [1.165, 1.54) is 9.88 Å². The molecular formula is C12H19N3OS. The van der Waals surface area contributed by atoms with Crippen molar-refractivity contribution in [2.24, 2.45) is 11.8 Å². The summed E-state index contributed by atoms with van der Waals surface area (Å²) in [5.74, 6) is 5.78. The Morgan fingerprint density at radius 1 is 1.35 bits per heavy atom. The zero-order chi connectivity index (χ0) is 12.4. The van der Waals surface area contributed by atoms with E-state index in [1.807, 2.05) is 0 Å². The number of hydrazine groups is 1. The highest BCUT2D eigenvalue weighted by atomic mass is 32.1. The predicted octanol–water partition coefficient (Wildman–Crippen LogP) is 2.02. The molecule has 17 heavy (non-hydrogen) atoms. The third kappa shape index (κ3) is 2.66. The lowest BCUT2D eigenvalue weighted by atomic mass is 9.82. The number of aryl methyl sites for hydroxylation is 2. The molecule has 1 aliphatic rings. The molecule has 0 atom stereocenters. The average Bonchev–Trinajstić information content (AvgIpc) is 2.69. The van der Waals surface area contributed by atoms with Crippen molar-refractivity contribution in [2.75, 3.05) is 0 Å². The van der Waals surface area contributed by atoms with E-state index >= 15 is 0 Å². The number of nitrogens with one attached hydrogen (secondary N) is 1. The maximum atomic E-state index is 11.4. The summed E-state index contributed by atoms with van der Waals surface area (Å²) in [4.78, 5) is 17.3. The van der Waals surface area contributed by atoms with Crippen molar-refractivity contribution >= 4 is 17.2 Å². The number of carbonyl (C=O) groups is 1. The van der Waals surface area contributed by atoms with Gasteiger partial charge in [0.05, 0.1) is 10.7 Å². The Kier molecular flexibility index (Phi) is 3.79. The molecule has 0 bridgehead atoms. The third-order valence-corrected chi connectivity index (χ3v) is 4.87. The molecule has 0 spiro atoms. The van der Waals surface area contributed by atoms with Crippen LogP contribution in [0.5, 0.6) is 0 Å². The van der Waals surface area contributed by atoms with E-state index in [9.17, 15) is 4.79 Å². The maximum absolute atomic E-state index is 11.4. The number of rotatable bonds is 2. The van der Waals surface area contributed by atoms with Crippen LogP contribution in [-0.4, -0.2) is 10.9 Å². The molecule has 1 heterocycles. The molecule has 1 aromatic rings. The van der Waals surface area contributed by atoms with Gasteiger partial charge >= 0.3 is 0 Å². The first kappa shape index (κ1) is 12.5. The highest BCUT2D eigenvalue weighted by Crippen LogP contribution is 2.37. The molecule has 2 rings (SSSR count). The third-order valence-electron chi connectivity index (χ3n) is 3.63. The first-order chi connectivity index (χ1) is 8.11. The molecule has 0 saturated heterocycles. The highest BCUT2D eigenvalue weighted by Gasteiger charge is 2.28. The molecule has 1 aliphatic carbocycles. The van der Waals surface area contributed by atoms with Gasteiger partial charge in [-0.15, -0.1) is 11.3 Å². The van der Waals surface area contributed by atoms with Crippen molar-refractivity contribution in [3.8, 4) is 0 Å². The van der Waals surface area contributed by atoms with Crippen LogP contribution in [0, 0.1) is 19.8 Å². The van der Waals surface area contributed by atoms with Crippen molar-refractivity contribution in [3.63, 3.8) is 0 Å². The van der Waals surface area contributed by atoms with Crippen LogP contribution in [0.1, 0.15) is 47.2 Å². The second-order valence-electron chi connectivity index (χ2n) is 4.75. The molecule has 4 nitrogen and oxygen atoms in total. The fourth-order valence-corrected chi connectivity index (χ4v) is 3.48. The monoisotopic (exact) mass is 253 g/mol. The van der Waals surface area contributed by atoms with Crippen molar-refractivity contribution in [1.29, 1.82) is 0 Å². The second-order valence-corrected chi connectivity index (χ2v) is 5.99. The van der Waals surface area contributed by atoms with E-state index in [2.05, 4.69) is 24.3 Å². The number of thiazole rings is 1. The quantitative estimate of drug-likeness (QED) is 0.481. The van der Waals surface area contributed by atoms with Crippen molar-refractivity contribution in [3.05, 3.63) is 15.6 Å². The standard InChI is InChI=1S/C12H19N3OS/c1-7-8(2)17-12(14-7)10-5-3-9(4-6-10)11(16)15-13/h9-10H,3-6,13H2,1-2H3,(H,15,16)/t9-,10-. The van der Waals surface area contributed by atoms with Crippen LogP contribution in [0.15, 0.2) is 0 Å². The lowest BCUT2D eigenvalue weighted by Gasteiger charge is -2.25. The zero-order valence-corrected chi connectivity index (χ0v) is 11.1. The number of nitrogens with zero attached hydrogens (tertiary/aromatic N) is 1. The van der Waals surface area contributed by atoms with Crippen LogP contribution in [0.4, 0.5) is 0 Å². The first-order valence-electron chi connectivity index (χ1n) is 6.06. The van der Waals surface area contributed by atoms with E-state index in [1.54, 1.807) is 11.3 Å². The summed E-state index contributed by atoms with van der Waals surface area (Å²) < 4.78 is 0. The van der Waals surface area contributed by atoms with Gasteiger partial charge in [0, 0.05) is 16.7 Å². The zero-order valence-electron chi connectivity index (χ0n) is 10.3. The Labute approximate surface area is 106 Å². The van der Waals surface area contributed by atoms with E-state index in [-0.39, 0.29) is 11.8 Å². The SMILES string of the molecule is Cc1nc([C@H]2CC[C@H](C(=O)NN)CC2)sc1C. The van der Waals surface area contributed by atoms with Gasteiger partial charge in [0.15, 0.2) is 0 Å². The second kappa shape index (κ2) is 5.14. The van der Waals surface area contributed by atoms with Crippen LogP contribution in [0.25, 0.3) is 0 Å².